The van der Waals surface area contributed by atoms with E-state index in [9.17, 15) is 4.39 Å². The van der Waals surface area contributed by atoms with Gasteiger partial charge < -0.3 is 0 Å². The van der Waals surface area contributed by atoms with Crippen molar-refractivity contribution in [3.63, 3.8) is 0 Å². The molecule has 0 aromatic rings. The Balaban J connectivity index is 2.44. The van der Waals surface area contributed by atoms with Crippen LogP contribution in [0.1, 0.15) is 40.0 Å². The number of rotatable bonds is 1. The van der Waals surface area contributed by atoms with Gasteiger partial charge in [0.1, 0.15) is 6.17 Å². The van der Waals surface area contributed by atoms with Crippen molar-refractivity contribution in [3.05, 3.63) is 0 Å². The van der Waals surface area contributed by atoms with Crippen LogP contribution in [-0.4, -0.2) is 6.17 Å². The smallest absolute Gasteiger partial charge is 0.103 e. The van der Waals surface area contributed by atoms with Crippen LogP contribution in [0.15, 0.2) is 0 Å². The zero-order valence-corrected chi connectivity index (χ0v) is 7.81. The molecule has 0 unspecified atom stereocenters. The Hall–Kier alpha value is -0.0700. The van der Waals surface area contributed by atoms with E-state index < -0.39 is 6.17 Å². The van der Waals surface area contributed by atoms with Gasteiger partial charge in [0.2, 0.25) is 0 Å². The second kappa shape index (κ2) is 3.55. The largest absolute Gasteiger partial charge is 0.247 e. The van der Waals surface area contributed by atoms with Crippen molar-refractivity contribution >= 4 is 0 Å². The predicted molar refractivity (Wildman–Crippen MR) is 46.2 cm³/mol. The Morgan fingerprint density at radius 1 is 1.27 bits per heavy atom. The van der Waals surface area contributed by atoms with Crippen LogP contribution in [0, 0.1) is 17.8 Å². The van der Waals surface area contributed by atoms with Gasteiger partial charge >= 0.3 is 0 Å². The standard InChI is InChI=1S/C10H19F/c1-7(2)9-5-4-8(3)6-10(9)11/h7-10H,4-6H2,1-3H3/t8-,9+,10+/m1/s1/i11-1. The third-order valence-electron chi connectivity index (χ3n) is 2.94. The summed E-state index contributed by atoms with van der Waals surface area (Å²) in [6.45, 7) is 6.42. The molecular formula is C10H19F. The Kier molecular flexibility index (Phi) is 2.91. The summed E-state index contributed by atoms with van der Waals surface area (Å²) in [5, 5.41) is 0. The molecule has 1 fully saturated rings. The van der Waals surface area contributed by atoms with E-state index in [1.165, 1.54) is 6.42 Å². The lowest BCUT2D eigenvalue weighted by Crippen LogP contribution is -2.28. The molecule has 0 amide bonds. The molecule has 1 saturated carbocycles. The van der Waals surface area contributed by atoms with Gasteiger partial charge in [0.25, 0.3) is 0 Å². The van der Waals surface area contributed by atoms with E-state index in [2.05, 4.69) is 20.8 Å². The molecular weight excluding hydrogens is 138 g/mol. The topological polar surface area (TPSA) is 0 Å². The van der Waals surface area contributed by atoms with Gasteiger partial charge in [-0.25, -0.2) is 4.39 Å². The monoisotopic (exact) mass is 157 g/mol. The first kappa shape index (κ1) is 9.02. The summed E-state index contributed by atoms with van der Waals surface area (Å²) in [5.41, 5.74) is 0. The molecule has 0 bridgehead atoms. The minimum Gasteiger partial charge on any atom is -0.247 e. The molecule has 0 aromatic heterocycles. The molecule has 0 spiro atoms. The third-order valence-corrected chi connectivity index (χ3v) is 2.94. The Bertz CT molecular complexity index is 120. The average Bonchev–Trinajstić information content (AvgIpc) is 1.85. The molecule has 1 aliphatic carbocycles. The fourth-order valence-corrected chi connectivity index (χ4v) is 2.09. The van der Waals surface area contributed by atoms with Gasteiger partial charge in [0.05, 0.1) is 0 Å². The summed E-state index contributed by atoms with van der Waals surface area (Å²) < 4.78 is 13.3. The maximum absolute atomic E-state index is 13.3. The van der Waals surface area contributed by atoms with Crippen molar-refractivity contribution in [1.82, 2.24) is 0 Å². The second-order valence-corrected chi connectivity index (χ2v) is 4.34. The SMILES string of the molecule is CC(C)[C@@H]1CC[C@@H](C)C[C@@H]1[18F]. The molecule has 0 saturated heterocycles. The van der Waals surface area contributed by atoms with Crippen molar-refractivity contribution in [1.29, 1.82) is 0 Å². The van der Waals surface area contributed by atoms with Crippen molar-refractivity contribution in [2.24, 2.45) is 17.8 Å². The van der Waals surface area contributed by atoms with Gasteiger partial charge in [0, 0.05) is 0 Å². The first-order valence-electron chi connectivity index (χ1n) is 4.75. The summed E-state index contributed by atoms with van der Waals surface area (Å²) in [5.74, 6) is 1.48. The normalized spacial score (nSPS) is 39.5. The zero-order valence-electron chi connectivity index (χ0n) is 7.81. The highest BCUT2D eigenvalue weighted by Gasteiger charge is 2.30. The van der Waals surface area contributed by atoms with E-state index in [1.54, 1.807) is 0 Å². The molecule has 3 atom stereocenters. The van der Waals surface area contributed by atoms with E-state index >= 15 is 0 Å². The molecule has 0 nitrogen and oxygen atoms in total. The van der Waals surface area contributed by atoms with Crippen LogP contribution in [0.2, 0.25) is 0 Å². The van der Waals surface area contributed by atoms with E-state index in [4.69, 9.17) is 0 Å². The fraction of sp³-hybridized carbons (Fsp3) is 1.00. The van der Waals surface area contributed by atoms with Gasteiger partial charge in [-0.15, -0.1) is 0 Å². The molecule has 1 rings (SSSR count). The van der Waals surface area contributed by atoms with Gasteiger partial charge in [-0.05, 0) is 30.6 Å². The summed E-state index contributed by atoms with van der Waals surface area (Å²) in [6.07, 6.45) is 2.59. The second-order valence-electron chi connectivity index (χ2n) is 4.34. The van der Waals surface area contributed by atoms with Crippen molar-refractivity contribution in [2.75, 3.05) is 0 Å². The molecule has 66 valence electrons. The van der Waals surface area contributed by atoms with Crippen molar-refractivity contribution in [2.45, 2.75) is 46.2 Å². The summed E-state index contributed by atoms with van der Waals surface area (Å²) in [6, 6.07) is 0. The quantitative estimate of drug-likeness (QED) is 0.547. The zero-order chi connectivity index (χ0) is 8.43. The molecule has 1 aliphatic rings. The van der Waals surface area contributed by atoms with Crippen LogP contribution in [0.4, 0.5) is 4.39 Å². The fourth-order valence-electron chi connectivity index (χ4n) is 2.09. The maximum Gasteiger partial charge on any atom is 0.103 e. The lowest BCUT2D eigenvalue weighted by atomic mass is 9.76. The number of alkyl halides is 1. The Labute approximate surface area is 69.2 Å². The first-order valence-corrected chi connectivity index (χ1v) is 4.75. The minimum absolute atomic E-state index is 0.339. The molecule has 0 N–H and O–H groups in total. The summed E-state index contributed by atoms with van der Waals surface area (Å²) >= 11 is 0. The average molecular weight is 157 g/mol. The van der Waals surface area contributed by atoms with Crippen LogP contribution in [-0.2, 0) is 0 Å². The Morgan fingerprint density at radius 3 is 2.36 bits per heavy atom. The van der Waals surface area contributed by atoms with Gasteiger partial charge in [-0.1, -0.05) is 27.2 Å². The molecule has 11 heavy (non-hydrogen) atoms. The van der Waals surface area contributed by atoms with Gasteiger partial charge in [-0.2, -0.15) is 0 Å². The van der Waals surface area contributed by atoms with E-state index in [1.807, 2.05) is 0 Å². The summed E-state index contributed by atoms with van der Waals surface area (Å²) in [7, 11) is 0. The van der Waals surface area contributed by atoms with Crippen LogP contribution < -0.4 is 0 Å². The minimum atomic E-state index is -0.529. The first-order chi connectivity index (χ1) is 5.11. The van der Waals surface area contributed by atoms with Crippen LogP contribution >= 0.6 is 0 Å². The maximum atomic E-state index is 13.3. The highest BCUT2D eigenvalue weighted by Crippen LogP contribution is 2.35. The van der Waals surface area contributed by atoms with Crippen molar-refractivity contribution in [3.8, 4) is 0 Å². The molecule has 0 radical (unpaired) electrons. The lowest BCUT2D eigenvalue weighted by molar-refractivity contribution is 0.1000. The van der Waals surface area contributed by atoms with Gasteiger partial charge in [0.15, 0.2) is 0 Å². The number of hydrogen-bond donors (Lipinski definition) is 0. The molecule has 0 aromatic carbocycles. The van der Waals surface area contributed by atoms with Crippen LogP contribution in [0.5, 0.6) is 0 Å². The van der Waals surface area contributed by atoms with E-state index in [-0.39, 0.29) is 0 Å². The molecule has 0 aliphatic heterocycles. The lowest BCUT2D eigenvalue weighted by Gasteiger charge is -2.32. The predicted octanol–water partition coefficient (Wildman–Crippen LogP) is 3.42. The van der Waals surface area contributed by atoms with Crippen LogP contribution in [0.25, 0.3) is 0 Å². The number of halogens is 1. The number of hydrogen-bond acceptors (Lipinski definition) is 0. The summed E-state index contributed by atoms with van der Waals surface area (Å²) in [4.78, 5) is 0. The highest BCUT2D eigenvalue weighted by atomic mass is 18.2. The molecule has 1 heteroatoms. The van der Waals surface area contributed by atoms with E-state index in [0.29, 0.717) is 17.8 Å². The van der Waals surface area contributed by atoms with Gasteiger partial charge in [-0.3, -0.25) is 0 Å². The van der Waals surface area contributed by atoms with Crippen LogP contribution in [0.3, 0.4) is 0 Å². The van der Waals surface area contributed by atoms with E-state index in [0.717, 1.165) is 12.8 Å². The highest BCUT2D eigenvalue weighted by molar-refractivity contribution is 4.79. The molecule has 0 heterocycles. The van der Waals surface area contributed by atoms with Crippen molar-refractivity contribution < 1.29 is 4.39 Å². The Morgan fingerprint density at radius 2 is 1.91 bits per heavy atom. The third kappa shape index (κ3) is 2.18.